The second kappa shape index (κ2) is 4.86. The summed E-state index contributed by atoms with van der Waals surface area (Å²) < 4.78 is 36.1. The fourth-order valence-corrected chi connectivity index (χ4v) is 1.23. The van der Waals surface area contributed by atoms with Crippen LogP contribution in [0.5, 0.6) is 0 Å². The molecule has 0 spiro atoms. The monoisotopic (exact) mass is 253 g/mol. The minimum Gasteiger partial charge on any atom is -0.361 e. The predicted molar refractivity (Wildman–Crippen MR) is 55.7 cm³/mol. The van der Waals surface area contributed by atoms with Crippen molar-refractivity contribution in [2.75, 3.05) is 11.9 Å². The van der Waals surface area contributed by atoms with Gasteiger partial charge in [0.25, 0.3) is 0 Å². The fourth-order valence-electron chi connectivity index (χ4n) is 1.05. The second-order valence-electron chi connectivity index (χ2n) is 3.23. The van der Waals surface area contributed by atoms with E-state index >= 15 is 0 Å². The lowest BCUT2D eigenvalue weighted by atomic mass is 10.3. The van der Waals surface area contributed by atoms with E-state index in [2.05, 4.69) is 15.3 Å². The Morgan fingerprint density at radius 3 is 2.44 bits per heavy atom. The molecule has 1 heterocycles. The van der Waals surface area contributed by atoms with Gasteiger partial charge in [0.05, 0.1) is 0 Å². The van der Waals surface area contributed by atoms with Crippen molar-refractivity contribution in [3.05, 3.63) is 16.5 Å². The quantitative estimate of drug-likeness (QED) is 0.842. The lowest BCUT2D eigenvalue weighted by molar-refractivity contribution is -0.115. The van der Waals surface area contributed by atoms with Gasteiger partial charge in [0.1, 0.15) is 23.3 Å². The van der Waals surface area contributed by atoms with Gasteiger partial charge in [-0.15, -0.1) is 0 Å². The molecule has 7 heteroatoms. The molecule has 0 aliphatic carbocycles. The van der Waals surface area contributed by atoms with Gasteiger partial charge in [-0.25, -0.2) is 9.97 Å². The summed E-state index contributed by atoms with van der Waals surface area (Å²) >= 11 is 5.78. The van der Waals surface area contributed by atoms with E-state index in [-0.39, 0.29) is 11.0 Å². The minimum absolute atomic E-state index is 0.133. The van der Waals surface area contributed by atoms with E-state index in [9.17, 15) is 13.2 Å². The van der Waals surface area contributed by atoms with Crippen molar-refractivity contribution in [1.82, 2.24) is 9.97 Å². The predicted octanol–water partition coefficient (Wildman–Crippen LogP) is 2.98. The third-order valence-electron chi connectivity index (χ3n) is 1.91. The Labute approximate surface area is 96.0 Å². The van der Waals surface area contributed by atoms with Gasteiger partial charge in [-0.1, -0.05) is 18.5 Å². The van der Waals surface area contributed by atoms with Crippen molar-refractivity contribution in [2.24, 2.45) is 0 Å². The highest BCUT2D eigenvalue weighted by Gasteiger charge is 2.27. The Kier molecular flexibility index (Phi) is 3.96. The Morgan fingerprint density at radius 2 is 1.94 bits per heavy atom. The summed E-state index contributed by atoms with van der Waals surface area (Å²) in [7, 11) is 0. The first-order valence-corrected chi connectivity index (χ1v) is 5.05. The van der Waals surface area contributed by atoms with Crippen LogP contribution < -0.4 is 5.32 Å². The summed E-state index contributed by atoms with van der Waals surface area (Å²) in [6, 6.07) is 0. The molecule has 0 saturated heterocycles. The number of nitrogens with zero attached hydrogens (tertiary/aromatic N) is 2. The second-order valence-corrected chi connectivity index (χ2v) is 3.58. The minimum atomic E-state index is -4.28. The Balaban J connectivity index is 2.90. The zero-order valence-corrected chi connectivity index (χ0v) is 9.58. The molecule has 0 radical (unpaired) electrons. The van der Waals surface area contributed by atoms with Gasteiger partial charge in [0.15, 0.2) is 0 Å². The molecule has 3 nitrogen and oxygen atoms in total. The van der Waals surface area contributed by atoms with Crippen LogP contribution in [0.3, 0.4) is 0 Å². The molecule has 16 heavy (non-hydrogen) atoms. The Hall–Kier alpha value is -1.04. The van der Waals surface area contributed by atoms with E-state index in [1.165, 1.54) is 0 Å². The van der Waals surface area contributed by atoms with E-state index in [0.717, 1.165) is 0 Å². The fraction of sp³-hybridized carbons (Fsp3) is 0.556. The Bertz CT molecular complexity index is 379. The number of halogens is 4. The highest BCUT2D eigenvalue weighted by Crippen LogP contribution is 2.22. The van der Waals surface area contributed by atoms with E-state index in [1.54, 1.807) is 13.8 Å². The summed E-state index contributed by atoms with van der Waals surface area (Å²) in [5, 5.41) is 2.39. The maximum Gasteiger partial charge on any atom is 0.405 e. The molecular weight excluding hydrogens is 243 g/mol. The maximum absolute atomic E-state index is 12.0. The summed E-state index contributed by atoms with van der Waals surface area (Å²) in [6.07, 6.45) is -3.77. The van der Waals surface area contributed by atoms with Crippen molar-refractivity contribution < 1.29 is 13.2 Å². The van der Waals surface area contributed by atoms with Crippen LogP contribution in [-0.4, -0.2) is 22.7 Å². The zero-order chi connectivity index (χ0) is 12.3. The molecule has 1 aromatic heterocycles. The van der Waals surface area contributed by atoms with Crippen LogP contribution in [0.1, 0.15) is 18.3 Å². The van der Waals surface area contributed by atoms with Gasteiger partial charge in [0.2, 0.25) is 0 Å². The van der Waals surface area contributed by atoms with Gasteiger partial charge < -0.3 is 5.32 Å². The molecule has 0 amide bonds. The third-order valence-corrected chi connectivity index (χ3v) is 2.27. The number of alkyl halides is 3. The number of aromatic nitrogens is 2. The first-order valence-electron chi connectivity index (χ1n) is 4.67. The van der Waals surface area contributed by atoms with Gasteiger partial charge in [-0.3, -0.25) is 0 Å². The average molecular weight is 254 g/mol. The van der Waals surface area contributed by atoms with Crippen LogP contribution >= 0.6 is 11.6 Å². The van der Waals surface area contributed by atoms with Crippen LogP contribution in [0.2, 0.25) is 5.15 Å². The Morgan fingerprint density at radius 1 is 1.31 bits per heavy atom. The van der Waals surface area contributed by atoms with Crippen LogP contribution in [-0.2, 0) is 6.42 Å². The van der Waals surface area contributed by atoms with E-state index in [1.807, 2.05) is 0 Å². The van der Waals surface area contributed by atoms with Gasteiger partial charge >= 0.3 is 6.18 Å². The van der Waals surface area contributed by atoms with E-state index in [0.29, 0.717) is 17.8 Å². The molecule has 0 bridgehead atoms. The average Bonchev–Trinajstić information content (AvgIpc) is 2.18. The molecule has 1 aromatic rings. The SMILES string of the molecule is CCc1nc(Cl)c(C)c(NCC(F)(F)F)n1. The molecule has 0 aliphatic rings. The van der Waals surface area contributed by atoms with E-state index < -0.39 is 12.7 Å². The first-order chi connectivity index (χ1) is 7.33. The number of aryl methyl sites for hydroxylation is 1. The van der Waals surface area contributed by atoms with Crippen molar-refractivity contribution >= 4 is 17.4 Å². The molecule has 0 aromatic carbocycles. The largest absolute Gasteiger partial charge is 0.405 e. The topological polar surface area (TPSA) is 37.8 Å². The molecule has 0 aliphatic heterocycles. The van der Waals surface area contributed by atoms with Crippen molar-refractivity contribution in [2.45, 2.75) is 26.4 Å². The number of hydrogen-bond acceptors (Lipinski definition) is 3. The zero-order valence-electron chi connectivity index (χ0n) is 8.82. The standard InChI is InChI=1S/C9H11ClF3N3/c1-3-6-15-7(10)5(2)8(16-6)14-4-9(11,12)13/h3-4H2,1-2H3,(H,14,15,16). The van der Waals surface area contributed by atoms with Crippen LogP contribution in [0.15, 0.2) is 0 Å². The number of anilines is 1. The van der Waals surface area contributed by atoms with Crippen LogP contribution in [0.25, 0.3) is 0 Å². The molecule has 0 saturated carbocycles. The molecule has 0 unspecified atom stereocenters. The lowest BCUT2D eigenvalue weighted by Gasteiger charge is -2.12. The van der Waals surface area contributed by atoms with Crippen LogP contribution in [0.4, 0.5) is 19.0 Å². The molecule has 0 atom stereocenters. The summed E-state index contributed by atoms with van der Waals surface area (Å²) in [5.41, 5.74) is 0.420. The van der Waals surface area contributed by atoms with Crippen molar-refractivity contribution in [3.63, 3.8) is 0 Å². The summed E-state index contributed by atoms with van der Waals surface area (Å²) in [5.74, 6) is 0.550. The summed E-state index contributed by atoms with van der Waals surface area (Å²) in [6.45, 7) is 2.24. The van der Waals surface area contributed by atoms with Gasteiger partial charge in [0, 0.05) is 12.0 Å². The van der Waals surface area contributed by atoms with E-state index in [4.69, 9.17) is 11.6 Å². The van der Waals surface area contributed by atoms with Crippen molar-refractivity contribution in [1.29, 1.82) is 0 Å². The molecular formula is C9H11ClF3N3. The number of hydrogen-bond donors (Lipinski definition) is 1. The number of nitrogens with one attached hydrogen (secondary N) is 1. The highest BCUT2D eigenvalue weighted by molar-refractivity contribution is 6.30. The number of rotatable bonds is 3. The summed E-state index contributed by atoms with van der Waals surface area (Å²) in [4.78, 5) is 7.88. The molecule has 1 rings (SSSR count). The van der Waals surface area contributed by atoms with Crippen molar-refractivity contribution in [3.8, 4) is 0 Å². The molecule has 1 N–H and O–H groups in total. The first kappa shape index (κ1) is 13.0. The van der Waals surface area contributed by atoms with Gasteiger partial charge in [-0.2, -0.15) is 13.2 Å². The lowest BCUT2D eigenvalue weighted by Crippen LogP contribution is -2.22. The highest BCUT2D eigenvalue weighted by atomic mass is 35.5. The van der Waals surface area contributed by atoms with Gasteiger partial charge in [-0.05, 0) is 6.92 Å². The third kappa shape index (κ3) is 3.52. The molecule has 90 valence electrons. The normalized spacial score (nSPS) is 11.6. The smallest absolute Gasteiger partial charge is 0.361 e. The molecule has 0 fully saturated rings. The van der Waals surface area contributed by atoms with Crippen LogP contribution in [0, 0.1) is 6.92 Å². The maximum atomic E-state index is 12.0.